The molecule has 0 radical (unpaired) electrons. The summed E-state index contributed by atoms with van der Waals surface area (Å²) >= 11 is 1.88. The molecule has 0 saturated carbocycles. The third kappa shape index (κ3) is 6.09. The van der Waals surface area contributed by atoms with E-state index in [0.29, 0.717) is 0 Å². The maximum absolute atomic E-state index is 2.39. The van der Waals surface area contributed by atoms with Crippen molar-refractivity contribution in [3.8, 4) is 39.1 Å². The zero-order valence-electron chi connectivity index (χ0n) is 33.2. The second-order valence-corrected chi connectivity index (χ2v) is 16.8. The van der Waals surface area contributed by atoms with Crippen LogP contribution in [0.15, 0.2) is 231 Å². The van der Waals surface area contributed by atoms with Crippen molar-refractivity contribution in [2.24, 2.45) is 0 Å². The monoisotopic (exact) mass is 794 g/mol. The minimum absolute atomic E-state index is 1.09. The standard InChI is InChI=1S/C58H38N2S/c1-2-12-44-37-45(28-27-39(44)11-1)42-25-23-40(24-26-42)41-29-33-46(34-30-41)59(47-35-31-43(32-36-47)50-18-10-19-54-53-17-5-8-22-57(53)61-58(50)54)48-13-9-14-49(38-48)60-55-20-6-3-15-51(55)52-16-4-7-21-56(52)60/h1-38H. The van der Waals surface area contributed by atoms with Crippen molar-refractivity contribution in [2.45, 2.75) is 0 Å². The minimum atomic E-state index is 1.09. The van der Waals surface area contributed by atoms with Gasteiger partial charge in [0.2, 0.25) is 0 Å². The lowest BCUT2D eigenvalue weighted by molar-refractivity contribution is 1.17. The van der Waals surface area contributed by atoms with Crippen LogP contribution in [0.4, 0.5) is 17.1 Å². The number of para-hydroxylation sites is 2. The molecule has 12 rings (SSSR count). The van der Waals surface area contributed by atoms with Crippen LogP contribution < -0.4 is 4.90 Å². The molecule has 0 unspecified atom stereocenters. The third-order valence-corrected chi connectivity index (χ3v) is 13.4. The highest BCUT2D eigenvalue weighted by Crippen LogP contribution is 2.43. The summed E-state index contributed by atoms with van der Waals surface area (Å²) in [5, 5.41) is 7.66. The van der Waals surface area contributed by atoms with Crippen molar-refractivity contribution < 1.29 is 0 Å². The van der Waals surface area contributed by atoms with Crippen LogP contribution in [-0.4, -0.2) is 4.57 Å². The number of aromatic nitrogens is 1. The van der Waals surface area contributed by atoms with E-state index in [-0.39, 0.29) is 0 Å². The Kier molecular flexibility index (Phi) is 8.39. The van der Waals surface area contributed by atoms with Gasteiger partial charge in [-0.3, -0.25) is 0 Å². The molecule has 2 aromatic heterocycles. The van der Waals surface area contributed by atoms with Gasteiger partial charge in [0.1, 0.15) is 0 Å². The van der Waals surface area contributed by atoms with Crippen LogP contribution in [0.3, 0.4) is 0 Å². The maximum Gasteiger partial charge on any atom is 0.0541 e. The molecule has 2 nitrogen and oxygen atoms in total. The molecule has 10 aromatic carbocycles. The van der Waals surface area contributed by atoms with Crippen molar-refractivity contribution in [1.82, 2.24) is 4.57 Å². The minimum Gasteiger partial charge on any atom is -0.310 e. The first-order valence-electron chi connectivity index (χ1n) is 20.8. The van der Waals surface area contributed by atoms with E-state index >= 15 is 0 Å². The molecule has 0 amide bonds. The lowest BCUT2D eigenvalue weighted by Crippen LogP contribution is -2.10. The molecule has 286 valence electrons. The van der Waals surface area contributed by atoms with Gasteiger partial charge in [-0.1, -0.05) is 164 Å². The van der Waals surface area contributed by atoms with E-state index < -0.39 is 0 Å². The summed E-state index contributed by atoms with van der Waals surface area (Å²) in [6, 6.07) is 84.1. The smallest absolute Gasteiger partial charge is 0.0541 e. The quantitative estimate of drug-likeness (QED) is 0.156. The first kappa shape index (κ1) is 35.2. The van der Waals surface area contributed by atoms with Gasteiger partial charge in [-0.2, -0.15) is 0 Å². The predicted octanol–water partition coefficient (Wildman–Crippen LogP) is 16.8. The average Bonchev–Trinajstić information content (AvgIpc) is 3.88. The van der Waals surface area contributed by atoms with Crippen molar-refractivity contribution in [1.29, 1.82) is 0 Å². The largest absolute Gasteiger partial charge is 0.310 e. The average molecular weight is 795 g/mol. The molecule has 0 aliphatic heterocycles. The van der Waals surface area contributed by atoms with E-state index in [1.54, 1.807) is 0 Å². The van der Waals surface area contributed by atoms with Gasteiger partial charge < -0.3 is 9.47 Å². The normalized spacial score (nSPS) is 11.6. The molecular formula is C58H38N2S. The van der Waals surface area contributed by atoms with Gasteiger partial charge in [0.25, 0.3) is 0 Å². The van der Waals surface area contributed by atoms with Crippen LogP contribution in [0.25, 0.3) is 91.8 Å². The molecule has 0 saturated heterocycles. The molecule has 2 heterocycles. The van der Waals surface area contributed by atoms with E-state index in [9.17, 15) is 0 Å². The Balaban J connectivity index is 0.942. The Morgan fingerprint density at radius 2 is 0.852 bits per heavy atom. The highest BCUT2D eigenvalue weighted by atomic mass is 32.1. The van der Waals surface area contributed by atoms with Crippen molar-refractivity contribution in [3.05, 3.63) is 231 Å². The number of thiophene rings is 1. The summed E-state index contributed by atoms with van der Waals surface area (Å²) in [6.07, 6.45) is 0. The van der Waals surface area contributed by atoms with Gasteiger partial charge in [0.15, 0.2) is 0 Å². The highest BCUT2D eigenvalue weighted by Gasteiger charge is 2.18. The summed E-state index contributed by atoms with van der Waals surface area (Å²) in [7, 11) is 0. The second kappa shape index (κ2) is 14.5. The summed E-state index contributed by atoms with van der Waals surface area (Å²) < 4.78 is 5.04. The Hall–Kier alpha value is -7.72. The van der Waals surface area contributed by atoms with E-state index in [1.165, 1.54) is 86.1 Å². The molecule has 61 heavy (non-hydrogen) atoms. The number of nitrogens with zero attached hydrogens (tertiary/aromatic N) is 2. The van der Waals surface area contributed by atoms with Crippen LogP contribution in [-0.2, 0) is 0 Å². The summed E-state index contributed by atoms with van der Waals surface area (Å²) in [4.78, 5) is 2.38. The summed E-state index contributed by atoms with van der Waals surface area (Å²) in [6.45, 7) is 0. The fraction of sp³-hybridized carbons (Fsp3) is 0. The molecule has 0 bridgehead atoms. The fourth-order valence-corrected chi connectivity index (χ4v) is 10.4. The predicted molar refractivity (Wildman–Crippen MR) is 262 cm³/mol. The van der Waals surface area contributed by atoms with Crippen LogP contribution in [0.1, 0.15) is 0 Å². The molecule has 0 spiro atoms. The van der Waals surface area contributed by atoms with Gasteiger partial charge in [0, 0.05) is 53.7 Å². The van der Waals surface area contributed by atoms with Gasteiger partial charge in [-0.15, -0.1) is 11.3 Å². The molecule has 0 atom stereocenters. The number of fused-ring (bicyclic) bond motifs is 7. The number of benzene rings is 10. The molecule has 12 aromatic rings. The van der Waals surface area contributed by atoms with Crippen molar-refractivity contribution >= 4 is 81.1 Å². The molecule has 0 N–H and O–H groups in total. The zero-order valence-corrected chi connectivity index (χ0v) is 34.1. The van der Waals surface area contributed by atoms with E-state index in [2.05, 4.69) is 240 Å². The first-order valence-corrected chi connectivity index (χ1v) is 21.6. The summed E-state index contributed by atoms with van der Waals surface area (Å²) in [5.74, 6) is 0. The second-order valence-electron chi connectivity index (χ2n) is 15.7. The molecule has 0 fully saturated rings. The van der Waals surface area contributed by atoms with E-state index in [1.807, 2.05) is 11.3 Å². The lowest BCUT2D eigenvalue weighted by atomic mass is 9.98. The van der Waals surface area contributed by atoms with Gasteiger partial charge in [0.05, 0.1) is 11.0 Å². The number of anilines is 3. The molecule has 0 aliphatic rings. The zero-order chi connectivity index (χ0) is 40.3. The van der Waals surface area contributed by atoms with Gasteiger partial charge in [-0.05, 0) is 111 Å². The Labute approximate surface area is 358 Å². The maximum atomic E-state index is 2.39. The SMILES string of the molecule is c1cc(N(c2ccc(-c3ccc(-c4ccc5ccccc5c4)cc3)cc2)c2ccc(-c3cccc4c3sc3ccccc34)cc2)cc(-n2c3ccccc3c3ccccc32)c1. The number of hydrogen-bond acceptors (Lipinski definition) is 2. The Morgan fingerprint density at radius 1 is 0.328 bits per heavy atom. The fourth-order valence-electron chi connectivity index (χ4n) is 9.21. The van der Waals surface area contributed by atoms with Crippen LogP contribution in [0.5, 0.6) is 0 Å². The van der Waals surface area contributed by atoms with Crippen LogP contribution in [0, 0.1) is 0 Å². The first-order chi connectivity index (χ1) is 30.2. The van der Waals surface area contributed by atoms with E-state index in [4.69, 9.17) is 0 Å². The van der Waals surface area contributed by atoms with Crippen molar-refractivity contribution in [3.63, 3.8) is 0 Å². The van der Waals surface area contributed by atoms with Gasteiger partial charge in [-0.25, -0.2) is 0 Å². The number of hydrogen-bond donors (Lipinski definition) is 0. The molecular weight excluding hydrogens is 757 g/mol. The Bertz CT molecular complexity index is 3520. The highest BCUT2D eigenvalue weighted by molar-refractivity contribution is 7.26. The van der Waals surface area contributed by atoms with Crippen LogP contribution >= 0.6 is 11.3 Å². The number of rotatable bonds is 7. The molecule has 0 aliphatic carbocycles. The van der Waals surface area contributed by atoms with Crippen LogP contribution in [0.2, 0.25) is 0 Å². The van der Waals surface area contributed by atoms with E-state index in [0.717, 1.165) is 22.7 Å². The lowest BCUT2D eigenvalue weighted by Gasteiger charge is -2.26. The Morgan fingerprint density at radius 3 is 1.56 bits per heavy atom. The van der Waals surface area contributed by atoms with Crippen molar-refractivity contribution in [2.75, 3.05) is 4.90 Å². The summed E-state index contributed by atoms with van der Waals surface area (Å²) in [5.41, 5.74) is 14.1. The molecule has 3 heteroatoms. The third-order valence-electron chi connectivity index (χ3n) is 12.2. The topological polar surface area (TPSA) is 8.17 Å². The van der Waals surface area contributed by atoms with Gasteiger partial charge >= 0.3 is 0 Å².